The van der Waals surface area contributed by atoms with Crippen molar-refractivity contribution in [2.24, 2.45) is 0 Å². The minimum atomic E-state index is -2.01. The number of carboxylic acid groups (broad SMARTS) is 1. The molecule has 0 bridgehead atoms. The van der Waals surface area contributed by atoms with Gasteiger partial charge in [-0.25, -0.2) is 9.69 Å². The lowest BCUT2D eigenvalue weighted by Crippen LogP contribution is -2.56. The van der Waals surface area contributed by atoms with Gasteiger partial charge in [0.15, 0.2) is 0 Å². The van der Waals surface area contributed by atoms with Crippen molar-refractivity contribution in [1.82, 2.24) is 9.47 Å². The Morgan fingerprint density at radius 3 is 1.43 bits per heavy atom. The highest BCUT2D eigenvalue weighted by atomic mass is 16.4. The fourth-order valence-electron chi connectivity index (χ4n) is 5.30. The molecule has 37 heavy (non-hydrogen) atoms. The Balaban J connectivity index is 1.92. The topological polar surface area (TPSA) is 79.6 Å². The second-order valence-corrected chi connectivity index (χ2v) is 12.1. The normalized spacial score (nSPS) is 15.9. The number of carbonyl (C=O) groups is 3. The number of carboxylic acids is 1. The molecule has 1 unspecified atom stereocenters. The summed E-state index contributed by atoms with van der Waals surface area (Å²) < 4.78 is 1.67. The van der Waals surface area contributed by atoms with Crippen LogP contribution in [0.5, 0.6) is 0 Å². The van der Waals surface area contributed by atoms with Gasteiger partial charge in [-0.1, -0.05) is 77.9 Å². The molecular weight excluding hydrogens is 464 g/mol. The molecule has 0 radical (unpaired) electrons. The van der Waals surface area contributed by atoms with E-state index >= 15 is 0 Å². The summed E-state index contributed by atoms with van der Waals surface area (Å²) in [7, 11) is 0. The highest BCUT2D eigenvalue weighted by molar-refractivity contribution is 6.23. The van der Waals surface area contributed by atoms with Crippen molar-refractivity contribution in [2.45, 2.75) is 65.0 Å². The predicted molar refractivity (Wildman–Crippen MR) is 145 cm³/mol. The van der Waals surface area contributed by atoms with Crippen LogP contribution in [-0.4, -0.2) is 32.4 Å². The third kappa shape index (κ3) is 3.50. The predicted octanol–water partition coefficient (Wildman–Crippen LogP) is 6.44. The van der Waals surface area contributed by atoms with Crippen molar-refractivity contribution >= 4 is 39.6 Å². The number of hydrogen-bond donors (Lipinski definition) is 1. The molecule has 1 aliphatic rings. The number of nitrogens with zero attached hydrogens (tertiary/aromatic N) is 2. The van der Waals surface area contributed by atoms with Gasteiger partial charge in [0.1, 0.15) is 0 Å². The Morgan fingerprint density at radius 1 is 0.676 bits per heavy atom. The maximum absolute atomic E-state index is 13.6. The molecule has 2 amide bonds. The fourth-order valence-corrected chi connectivity index (χ4v) is 5.30. The van der Waals surface area contributed by atoms with Gasteiger partial charge in [0.2, 0.25) is 5.66 Å². The molecule has 6 heteroatoms. The molecule has 0 saturated carbocycles. The lowest BCUT2D eigenvalue weighted by atomic mass is 9.86. The summed E-state index contributed by atoms with van der Waals surface area (Å²) in [5.41, 5.74) is 1.40. The fraction of sp³-hybridized carbons (Fsp3) is 0.323. The van der Waals surface area contributed by atoms with E-state index in [-0.39, 0.29) is 22.0 Å². The third-order valence-corrected chi connectivity index (χ3v) is 7.57. The van der Waals surface area contributed by atoms with Crippen molar-refractivity contribution in [1.29, 1.82) is 0 Å². The monoisotopic (exact) mass is 496 g/mol. The Morgan fingerprint density at radius 2 is 1.08 bits per heavy atom. The molecule has 1 N–H and O–H groups in total. The summed E-state index contributed by atoms with van der Waals surface area (Å²) in [4.78, 5) is 41.4. The van der Waals surface area contributed by atoms with Crippen LogP contribution >= 0.6 is 0 Å². The number of aliphatic carboxylic acids is 1. The molecule has 1 aliphatic heterocycles. The molecule has 5 rings (SSSR count). The first-order valence-corrected chi connectivity index (χ1v) is 12.5. The molecule has 4 aromatic rings. The van der Waals surface area contributed by atoms with E-state index in [0.717, 1.165) is 26.8 Å². The molecule has 0 aliphatic carbocycles. The minimum Gasteiger partial charge on any atom is -0.478 e. The number of imide groups is 1. The average molecular weight is 497 g/mol. The number of hydrogen-bond acceptors (Lipinski definition) is 3. The van der Waals surface area contributed by atoms with E-state index in [1.807, 2.05) is 24.3 Å². The van der Waals surface area contributed by atoms with Crippen LogP contribution in [0.1, 0.15) is 80.3 Å². The van der Waals surface area contributed by atoms with Crippen molar-refractivity contribution in [3.63, 3.8) is 0 Å². The van der Waals surface area contributed by atoms with Crippen LogP contribution in [0.15, 0.2) is 60.7 Å². The summed E-state index contributed by atoms with van der Waals surface area (Å²) >= 11 is 0. The molecule has 0 fully saturated rings. The zero-order valence-corrected chi connectivity index (χ0v) is 22.3. The van der Waals surface area contributed by atoms with Crippen molar-refractivity contribution < 1.29 is 19.5 Å². The minimum absolute atomic E-state index is 0.193. The largest absolute Gasteiger partial charge is 0.478 e. The number of amides is 2. The summed E-state index contributed by atoms with van der Waals surface area (Å²) in [6, 6.07) is 18.6. The van der Waals surface area contributed by atoms with Gasteiger partial charge in [0.05, 0.1) is 22.2 Å². The van der Waals surface area contributed by atoms with Gasteiger partial charge in [-0.15, -0.1) is 0 Å². The Hall–Kier alpha value is -3.93. The smallest absolute Gasteiger partial charge is 0.351 e. The number of benzene rings is 3. The van der Waals surface area contributed by atoms with Crippen LogP contribution in [-0.2, 0) is 21.3 Å². The summed E-state index contributed by atoms with van der Waals surface area (Å²) in [6.45, 7) is 14.0. The molecule has 0 saturated heterocycles. The molecule has 1 aromatic heterocycles. The van der Waals surface area contributed by atoms with E-state index < -0.39 is 23.4 Å². The van der Waals surface area contributed by atoms with Gasteiger partial charge < -0.3 is 9.67 Å². The number of aromatic nitrogens is 1. The van der Waals surface area contributed by atoms with Gasteiger partial charge in [-0.05, 0) is 53.1 Å². The van der Waals surface area contributed by atoms with Crippen LogP contribution in [0.25, 0.3) is 21.8 Å². The Kier molecular flexibility index (Phi) is 5.21. The van der Waals surface area contributed by atoms with E-state index in [1.165, 1.54) is 6.92 Å². The first kappa shape index (κ1) is 24.8. The van der Waals surface area contributed by atoms with Crippen molar-refractivity contribution in [3.05, 3.63) is 82.9 Å². The lowest BCUT2D eigenvalue weighted by molar-refractivity contribution is -0.152. The number of rotatable bonds is 3. The maximum atomic E-state index is 13.6. The van der Waals surface area contributed by atoms with E-state index in [9.17, 15) is 19.5 Å². The summed E-state index contributed by atoms with van der Waals surface area (Å²) in [5, 5.41) is 12.5. The second kappa shape index (κ2) is 7.78. The zero-order valence-electron chi connectivity index (χ0n) is 22.3. The Bertz CT molecular complexity index is 1520. The summed E-state index contributed by atoms with van der Waals surface area (Å²) in [5.74, 6) is -2.51. The second-order valence-electron chi connectivity index (χ2n) is 12.1. The van der Waals surface area contributed by atoms with Gasteiger partial charge in [0.25, 0.3) is 11.8 Å². The highest BCUT2D eigenvalue weighted by Gasteiger charge is 2.53. The molecule has 3 aromatic carbocycles. The van der Waals surface area contributed by atoms with Crippen molar-refractivity contribution in [2.75, 3.05) is 0 Å². The van der Waals surface area contributed by atoms with E-state index in [1.54, 1.807) is 28.8 Å². The molecular formula is C31H32N2O4. The average Bonchev–Trinajstić information content (AvgIpc) is 3.29. The van der Waals surface area contributed by atoms with E-state index in [2.05, 4.69) is 53.7 Å². The lowest BCUT2D eigenvalue weighted by Gasteiger charge is -2.36. The molecule has 190 valence electrons. The van der Waals surface area contributed by atoms with Crippen LogP contribution in [0.4, 0.5) is 0 Å². The van der Waals surface area contributed by atoms with E-state index in [0.29, 0.717) is 11.0 Å². The van der Waals surface area contributed by atoms with Gasteiger partial charge in [-0.3, -0.25) is 9.59 Å². The highest BCUT2D eigenvalue weighted by Crippen LogP contribution is 2.42. The van der Waals surface area contributed by atoms with E-state index in [4.69, 9.17) is 0 Å². The molecule has 6 nitrogen and oxygen atoms in total. The van der Waals surface area contributed by atoms with Crippen LogP contribution in [0.3, 0.4) is 0 Å². The molecule has 0 spiro atoms. The van der Waals surface area contributed by atoms with Crippen LogP contribution in [0, 0.1) is 0 Å². The van der Waals surface area contributed by atoms with Crippen LogP contribution < -0.4 is 0 Å². The zero-order chi connectivity index (χ0) is 27.1. The number of carbonyl (C=O) groups excluding carboxylic acids is 2. The quantitative estimate of drug-likeness (QED) is 0.331. The molecule has 2 heterocycles. The summed E-state index contributed by atoms with van der Waals surface area (Å²) in [6.07, 6.45) is 0. The number of fused-ring (bicyclic) bond motifs is 4. The van der Waals surface area contributed by atoms with Gasteiger partial charge >= 0.3 is 5.97 Å². The first-order chi connectivity index (χ1) is 17.2. The van der Waals surface area contributed by atoms with Gasteiger partial charge in [0, 0.05) is 10.8 Å². The van der Waals surface area contributed by atoms with Gasteiger partial charge in [-0.2, -0.15) is 0 Å². The maximum Gasteiger partial charge on any atom is 0.351 e. The SMILES string of the molecule is CC(C)(C)c1ccc2c3ccc(C(C)(C)C)cc3n(C(C)(C(=O)O)N3C(=O)c4ccccc4C3=O)c2c1. The Labute approximate surface area is 216 Å². The first-order valence-electron chi connectivity index (χ1n) is 12.5. The molecule has 1 atom stereocenters. The third-order valence-electron chi connectivity index (χ3n) is 7.57. The van der Waals surface area contributed by atoms with Crippen molar-refractivity contribution in [3.8, 4) is 0 Å². The van der Waals surface area contributed by atoms with Crippen LogP contribution in [0.2, 0.25) is 0 Å². The standard InChI is InChI=1S/C31H32N2O4/c1-29(2,3)18-12-14-20-21-15-13-19(30(4,5)6)17-25(21)32(24(20)16-18)31(7,28(36)37)33-26(34)22-10-8-9-11-23(22)27(33)35/h8-17H,1-7H3,(H,36,37).